The third-order valence-electron chi connectivity index (χ3n) is 2.46. The Morgan fingerprint density at radius 1 is 1.00 bits per heavy atom. The van der Waals surface area contributed by atoms with E-state index >= 15 is 0 Å². The predicted molar refractivity (Wildman–Crippen MR) is 74.3 cm³/mol. The van der Waals surface area contributed by atoms with Gasteiger partial charge in [-0.15, -0.1) is 0 Å². The SMILES string of the molecule is Cc1cccc(NC(=O)C(=O)Nc2ccc(O)cc2)n1. The Morgan fingerprint density at radius 3 is 2.30 bits per heavy atom. The molecular weight excluding hydrogens is 258 g/mol. The van der Waals surface area contributed by atoms with E-state index in [9.17, 15) is 9.59 Å². The molecule has 3 N–H and O–H groups in total. The highest BCUT2D eigenvalue weighted by Crippen LogP contribution is 2.13. The molecule has 1 aromatic heterocycles. The van der Waals surface area contributed by atoms with Crippen LogP contribution in [0.1, 0.15) is 5.69 Å². The van der Waals surface area contributed by atoms with Gasteiger partial charge in [0.1, 0.15) is 11.6 Å². The van der Waals surface area contributed by atoms with Crippen molar-refractivity contribution in [2.75, 3.05) is 10.6 Å². The van der Waals surface area contributed by atoms with E-state index < -0.39 is 11.8 Å². The zero-order valence-corrected chi connectivity index (χ0v) is 10.8. The number of hydrogen-bond donors (Lipinski definition) is 3. The lowest BCUT2D eigenvalue weighted by Gasteiger charge is -2.06. The van der Waals surface area contributed by atoms with E-state index in [1.54, 1.807) is 25.1 Å². The number of aryl methyl sites for hydroxylation is 1. The van der Waals surface area contributed by atoms with Gasteiger partial charge in [-0.1, -0.05) is 6.07 Å². The Balaban J connectivity index is 1.98. The van der Waals surface area contributed by atoms with Gasteiger partial charge in [0.05, 0.1) is 0 Å². The van der Waals surface area contributed by atoms with E-state index in [0.717, 1.165) is 5.69 Å². The van der Waals surface area contributed by atoms with Crippen LogP contribution in [0.4, 0.5) is 11.5 Å². The first-order valence-corrected chi connectivity index (χ1v) is 5.89. The summed E-state index contributed by atoms with van der Waals surface area (Å²) in [5, 5.41) is 13.9. The van der Waals surface area contributed by atoms with Gasteiger partial charge in [-0.3, -0.25) is 9.59 Å². The maximum atomic E-state index is 11.7. The van der Waals surface area contributed by atoms with Crippen molar-refractivity contribution >= 4 is 23.3 Å². The number of rotatable bonds is 2. The molecule has 2 amide bonds. The fourth-order valence-electron chi connectivity index (χ4n) is 1.52. The lowest BCUT2D eigenvalue weighted by atomic mass is 10.3. The zero-order chi connectivity index (χ0) is 14.5. The third-order valence-corrected chi connectivity index (χ3v) is 2.46. The van der Waals surface area contributed by atoms with E-state index in [-0.39, 0.29) is 5.75 Å². The van der Waals surface area contributed by atoms with Crippen LogP contribution in [-0.4, -0.2) is 21.9 Å². The second kappa shape index (κ2) is 5.83. The standard InChI is InChI=1S/C14H13N3O3/c1-9-3-2-4-12(15-9)17-14(20)13(19)16-10-5-7-11(18)8-6-10/h2-8,18H,1H3,(H,16,19)(H,15,17,20). The number of pyridine rings is 1. The van der Waals surface area contributed by atoms with Gasteiger partial charge in [0.2, 0.25) is 0 Å². The summed E-state index contributed by atoms with van der Waals surface area (Å²) in [5.74, 6) is -1.22. The van der Waals surface area contributed by atoms with E-state index in [1.165, 1.54) is 24.3 Å². The molecule has 0 unspecified atom stereocenters. The number of amides is 2. The maximum absolute atomic E-state index is 11.7. The van der Waals surface area contributed by atoms with Gasteiger partial charge >= 0.3 is 11.8 Å². The normalized spacial score (nSPS) is 9.85. The van der Waals surface area contributed by atoms with Crippen LogP contribution in [0.2, 0.25) is 0 Å². The second-order valence-corrected chi connectivity index (χ2v) is 4.12. The van der Waals surface area contributed by atoms with Crippen molar-refractivity contribution in [1.82, 2.24) is 4.98 Å². The number of benzene rings is 1. The number of nitrogens with one attached hydrogen (secondary N) is 2. The van der Waals surface area contributed by atoms with Crippen LogP contribution in [-0.2, 0) is 9.59 Å². The van der Waals surface area contributed by atoms with Crippen LogP contribution < -0.4 is 10.6 Å². The fraction of sp³-hybridized carbons (Fsp3) is 0.0714. The number of phenolic OH excluding ortho intramolecular Hbond substituents is 1. The van der Waals surface area contributed by atoms with Crippen LogP contribution in [0.3, 0.4) is 0 Å². The van der Waals surface area contributed by atoms with E-state index in [2.05, 4.69) is 15.6 Å². The van der Waals surface area contributed by atoms with Crippen molar-refractivity contribution in [2.45, 2.75) is 6.92 Å². The van der Waals surface area contributed by atoms with Crippen LogP contribution in [0.15, 0.2) is 42.5 Å². The number of aromatic hydroxyl groups is 1. The van der Waals surface area contributed by atoms with Crippen molar-refractivity contribution in [1.29, 1.82) is 0 Å². The molecule has 0 spiro atoms. The maximum Gasteiger partial charge on any atom is 0.315 e. The van der Waals surface area contributed by atoms with Gasteiger partial charge in [-0.25, -0.2) is 4.98 Å². The number of aromatic nitrogens is 1. The molecule has 6 nitrogen and oxygen atoms in total. The zero-order valence-electron chi connectivity index (χ0n) is 10.8. The highest BCUT2D eigenvalue weighted by atomic mass is 16.3. The molecule has 1 aromatic carbocycles. The summed E-state index contributed by atoms with van der Waals surface area (Å²) in [5.41, 5.74) is 1.15. The monoisotopic (exact) mass is 271 g/mol. The quantitative estimate of drug-likeness (QED) is 0.572. The molecule has 0 aliphatic rings. The molecule has 6 heteroatoms. The molecule has 0 bridgehead atoms. The number of anilines is 2. The number of carbonyl (C=O) groups excluding carboxylic acids is 2. The smallest absolute Gasteiger partial charge is 0.315 e. The minimum Gasteiger partial charge on any atom is -0.508 e. The molecule has 0 aliphatic carbocycles. The summed E-state index contributed by atoms with van der Waals surface area (Å²) in [7, 11) is 0. The lowest BCUT2D eigenvalue weighted by molar-refractivity contribution is -0.133. The topological polar surface area (TPSA) is 91.3 Å². The molecular formula is C14H13N3O3. The number of phenols is 1. The molecule has 2 rings (SSSR count). The van der Waals surface area contributed by atoms with Crippen LogP contribution in [0.5, 0.6) is 5.75 Å². The van der Waals surface area contributed by atoms with Gasteiger partial charge in [0, 0.05) is 11.4 Å². The molecule has 102 valence electrons. The Kier molecular flexibility index (Phi) is 3.95. The third kappa shape index (κ3) is 3.55. The largest absolute Gasteiger partial charge is 0.508 e. The molecule has 0 atom stereocenters. The average molecular weight is 271 g/mol. The minimum atomic E-state index is -0.809. The Morgan fingerprint density at radius 2 is 1.65 bits per heavy atom. The van der Waals surface area contributed by atoms with Crippen LogP contribution in [0, 0.1) is 6.92 Å². The summed E-state index contributed by atoms with van der Waals surface area (Å²) in [6.07, 6.45) is 0. The van der Waals surface area contributed by atoms with Crippen molar-refractivity contribution < 1.29 is 14.7 Å². The molecule has 0 fully saturated rings. The summed E-state index contributed by atoms with van der Waals surface area (Å²) in [6.45, 7) is 1.78. The molecule has 0 saturated carbocycles. The average Bonchev–Trinajstić information content (AvgIpc) is 2.41. The van der Waals surface area contributed by atoms with Crippen LogP contribution in [0.25, 0.3) is 0 Å². The van der Waals surface area contributed by atoms with E-state index in [4.69, 9.17) is 5.11 Å². The summed E-state index contributed by atoms with van der Waals surface area (Å²) in [4.78, 5) is 27.4. The van der Waals surface area contributed by atoms with Gasteiger partial charge in [0.15, 0.2) is 0 Å². The van der Waals surface area contributed by atoms with Crippen LogP contribution >= 0.6 is 0 Å². The number of carbonyl (C=O) groups is 2. The molecule has 0 saturated heterocycles. The predicted octanol–water partition coefficient (Wildman–Crippen LogP) is 1.67. The van der Waals surface area contributed by atoms with Crippen molar-refractivity contribution in [3.63, 3.8) is 0 Å². The Hall–Kier alpha value is -2.89. The van der Waals surface area contributed by atoms with Crippen molar-refractivity contribution in [3.8, 4) is 5.75 Å². The minimum absolute atomic E-state index is 0.0800. The van der Waals surface area contributed by atoms with Crippen molar-refractivity contribution in [2.24, 2.45) is 0 Å². The van der Waals surface area contributed by atoms with Gasteiger partial charge in [0.25, 0.3) is 0 Å². The number of nitrogens with zero attached hydrogens (tertiary/aromatic N) is 1. The van der Waals surface area contributed by atoms with Crippen molar-refractivity contribution in [3.05, 3.63) is 48.2 Å². The summed E-state index contributed by atoms with van der Waals surface area (Å²) in [6, 6.07) is 10.9. The second-order valence-electron chi connectivity index (χ2n) is 4.12. The molecule has 0 radical (unpaired) electrons. The molecule has 0 aliphatic heterocycles. The first kappa shape index (κ1) is 13.5. The fourth-order valence-corrected chi connectivity index (χ4v) is 1.52. The van der Waals surface area contributed by atoms with E-state index in [0.29, 0.717) is 11.5 Å². The summed E-state index contributed by atoms with van der Waals surface area (Å²) >= 11 is 0. The van der Waals surface area contributed by atoms with Gasteiger partial charge in [-0.2, -0.15) is 0 Å². The lowest BCUT2D eigenvalue weighted by Crippen LogP contribution is -2.29. The Labute approximate surface area is 115 Å². The summed E-state index contributed by atoms with van der Waals surface area (Å²) < 4.78 is 0. The molecule has 20 heavy (non-hydrogen) atoms. The first-order chi connectivity index (χ1) is 9.54. The number of hydrogen-bond acceptors (Lipinski definition) is 4. The molecule has 1 heterocycles. The molecule has 2 aromatic rings. The first-order valence-electron chi connectivity index (χ1n) is 5.89. The highest BCUT2D eigenvalue weighted by molar-refractivity contribution is 6.43. The highest BCUT2D eigenvalue weighted by Gasteiger charge is 2.14. The van der Waals surface area contributed by atoms with Gasteiger partial charge in [-0.05, 0) is 43.3 Å². The Bertz CT molecular complexity index is 638. The van der Waals surface area contributed by atoms with E-state index in [1.807, 2.05) is 0 Å². The van der Waals surface area contributed by atoms with Gasteiger partial charge < -0.3 is 15.7 Å².